The van der Waals surface area contributed by atoms with Crippen molar-refractivity contribution in [1.29, 1.82) is 0 Å². The number of hydrogen-bond donors (Lipinski definition) is 1. The van der Waals surface area contributed by atoms with Gasteiger partial charge in [-0.25, -0.2) is 8.42 Å². The van der Waals surface area contributed by atoms with Crippen LogP contribution in [-0.2, 0) is 14.8 Å². The zero-order valence-electron chi connectivity index (χ0n) is 13.5. The van der Waals surface area contributed by atoms with Gasteiger partial charge in [-0.3, -0.25) is 9.10 Å². The van der Waals surface area contributed by atoms with E-state index in [-0.39, 0.29) is 15.7 Å². The predicted octanol–water partition coefficient (Wildman–Crippen LogP) is 4.12. The van der Waals surface area contributed by atoms with E-state index < -0.39 is 22.5 Å². The van der Waals surface area contributed by atoms with Gasteiger partial charge in [0.2, 0.25) is 15.9 Å². The van der Waals surface area contributed by atoms with Gasteiger partial charge in [0.1, 0.15) is 6.54 Å². The molecule has 0 aliphatic rings. The summed E-state index contributed by atoms with van der Waals surface area (Å²) < 4.78 is 25.2. The summed E-state index contributed by atoms with van der Waals surface area (Å²) >= 11 is 13.5. The number of carbonyl (C=O) groups is 1. The Balaban J connectivity index is 2.29. The van der Waals surface area contributed by atoms with Gasteiger partial charge in [0.25, 0.3) is 0 Å². The highest BCUT2D eigenvalue weighted by Crippen LogP contribution is 2.33. The number of carbonyl (C=O) groups excluding carboxylic acids is 1. The van der Waals surface area contributed by atoms with Crippen LogP contribution in [0.25, 0.3) is 0 Å². The van der Waals surface area contributed by atoms with Crippen molar-refractivity contribution in [2.75, 3.05) is 28.7 Å². The van der Waals surface area contributed by atoms with Crippen LogP contribution in [0.15, 0.2) is 47.4 Å². The molecule has 0 fully saturated rings. The summed E-state index contributed by atoms with van der Waals surface area (Å²) in [6.07, 6.45) is 2.90. The molecule has 0 saturated heterocycles. The van der Waals surface area contributed by atoms with Gasteiger partial charge in [0, 0.05) is 4.90 Å². The first-order valence-electron chi connectivity index (χ1n) is 7.08. The topological polar surface area (TPSA) is 66.5 Å². The summed E-state index contributed by atoms with van der Waals surface area (Å²) in [4.78, 5) is 13.3. The van der Waals surface area contributed by atoms with Gasteiger partial charge in [-0.15, -0.1) is 11.8 Å². The number of nitrogens with zero attached hydrogens (tertiary/aromatic N) is 1. The van der Waals surface area contributed by atoms with E-state index in [4.69, 9.17) is 23.2 Å². The number of halogens is 2. The van der Waals surface area contributed by atoms with Crippen LogP contribution < -0.4 is 9.62 Å². The maximum absolute atomic E-state index is 12.4. The molecule has 0 aliphatic carbocycles. The standard InChI is InChI=1S/C16H16Cl2N2O3S2/c1-24-14-9-4-3-7-12(14)19-15(21)10-20(25(2,22)23)13-8-5-6-11(17)16(13)18/h3-9H,10H2,1-2H3,(H,19,21). The van der Waals surface area contributed by atoms with Crippen molar-refractivity contribution in [3.63, 3.8) is 0 Å². The number of sulfonamides is 1. The minimum atomic E-state index is -3.74. The highest BCUT2D eigenvalue weighted by atomic mass is 35.5. The molecule has 2 aromatic rings. The van der Waals surface area contributed by atoms with Crippen molar-refractivity contribution < 1.29 is 13.2 Å². The molecule has 0 spiro atoms. The largest absolute Gasteiger partial charge is 0.323 e. The lowest BCUT2D eigenvalue weighted by Crippen LogP contribution is -2.37. The fraction of sp³-hybridized carbons (Fsp3) is 0.188. The molecule has 1 N–H and O–H groups in total. The summed E-state index contributed by atoms with van der Waals surface area (Å²) in [7, 11) is -3.74. The Morgan fingerprint density at radius 1 is 1.16 bits per heavy atom. The Kier molecular flexibility index (Phi) is 6.62. The van der Waals surface area contributed by atoms with E-state index in [2.05, 4.69) is 5.32 Å². The molecule has 9 heteroatoms. The van der Waals surface area contributed by atoms with E-state index in [1.165, 1.54) is 17.8 Å². The van der Waals surface area contributed by atoms with Crippen LogP contribution in [0.5, 0.6) is 0 Å². The van der Waals surface area contributed by atoms with Crippen molar-refractivity contribution in [2.45, 2.75) is 4.90 Å². The third-order valence-electron chi connectivity index (χ3n) is 3.27. The number of anilines is 2. The molecule has 134 valence electrons. The van der Waals surface area contributed by atoms with Gasteiger partial charge < -0.3 is 5.32 Å². The average molecular weight is 419 g/mol. The van der Waals surface area contributed by atoms with Crippen LogP contribution in [0.2, 0.25) is 10.0 Å². The van der Waals surface area contributed by atoms with Gasteiger partial charge in [0.15, 0.2) is 0 Å². The van der Waals surface area contributed by atoms with Gasteiger partial charge in [0.05, 0.1) is 27.7 Å². The Morgan fingerprint density at radius 2 is 1.84 bits per heavy atom. The summed E-state index contributed by atoms with van der Waals surface area (Å²) in [5, 5.41) is 3.01. The quantitative estimate of drug-likeness (QED) is 0.716. The molecule has 0 atom stereocenters. The second kappa shape index (κ2) is 8.31. The first-order valence-corrected chi connectivity index (χ1v) is 10.9. The maximum Gasteiger partial charge on any atom is 0.245 e. The number of hydrogen-bond acceptors (Lipinski definition) is 4. The first-order chi connectivity index (χ1) is 11.7. The lowest BCUT2D eigenvalue weighted by Gasteiger charge is -2.23. The van der Waals surface area contributed by atoms with Crippen LogP contribution in [0.1, 0.15) is 0 Å². The van der Waals surface area contributed by atoms with Gasteiger partial charge >= 0.3 is 0 Å². The Labute approximate surface area is 161 Å². The number of para-hydroxylation sites is 1. The fourth-order valence-electron chi connectivity index (χ4n) is 2.13. The molecule has 0 radical (unpaired) electrons. The van der Waals surface area contributed by atoms with Crippen LogP contribution in [0.4, 0.5) is 11.4 Å². The number of rotatable bonds is 6. The number of thioether (sulfide) groups is 1. The molecule has 2 aromatic carbocycles. The molecule has 2 rings (SSSR count). The minimum absolute atomic E-state index is 0.0758. The Bertz CT molecular complexity index is 889. The number of nitrogens with one attached hydrogen (secondary N) is 1. The fourth-order valence-corrected chi connectivity index (χ4v) is 4.00. The summed E-state index contributed by atoms with van der Waals surface area (Å²) in [5.41, 5.74) is 0.774. The van der Waals surface area contributed by atoms with Crippen LogP contribution in [-0.4, -0.2) is 33.4 Å². The second-order valence-electron chi connectivity index (χ2n) is 5.09. The second-order valence-corrected chi connectivity index (χ2v) is 8.63. The smallest absolute Gasteiger partial charge is 0.245 e. The van der Waals surface area contributed by atoms with E-state index >= 15 is 0 Å². The minimum Gasteiger partial charge on any atom is -0.323 e. The molecule has 0 aliphatic heterocycles. The van der Waals surface area contributed by atoms with E-state index in [1.807, 2.05) is 18.4 Å². The SMILES string of the molecule is CSc1ccccc1NC(=O)CN(c1cccc(Cl)c1Cl)S(C)(=O)=O. The van der Waals surface area contributed by atoms with E-state index in [1.54, 1.807) is 24.3 Å². The number of amides is 1. The summed E-state index contributed by atoms with van der Waals surface area (Å²) in [5.74, 6) is -0.483. The van der Waals surface area contributed by atoms with Gasteiger partial charge in [-0.2, -0.15) is 0 Å². The molecule has 1 amide bonds. The van der Waals surface area contributed by atoms with Crippen molar-refractivity contribution in [3.05, 3.63) is 52.5 Å². The lowest BCUT2D eigenvalue weighted by atomic mass is 10.3. The van der Waals surface area contributed by atoms with Crippen LogP contribution >= 0.6 is 35.0 Å². The third-order valence-corrected chi connectivity index (χ3v) is 6.00. The monoisotopic (exact) mass is 418 g/mol. The molecule has 0 aromatic heterocycles. The molecule has 0 unspecified atom stereocenters. The van der Waals surface area contributed by atoms with Crippen molar-refractivity contribution in [1.82, 2.24) is 0 Å². The van der Waals surface area contributed by atoms with E-state index in [0.717, 1.165) is 15.5 Å². The average Bonchev–Trinajstić information content (AvgIpc) is 2.55. The molecule has 25 heavy (non-hydrogen) atoms. The molecule has 0 bridgehead atoms. The maximum atomic E-state index is 12.4. The highest BCUT2D eigenvalue weighted by molar-refractivity contribution is 7.98. The van der Waals surface area contributed by atoms with Crippen LogP contribution in [0, 0.1) is 0 Å². The third kappa shape index (κ3) is 5.04. The lowest BCUT2D eigenvalue weighted by molar-refractivity contribution is -0.114. The van der Waals surface area contributed by atoms with E-state index in [0.29, 0.717) is 5.69 Å². The molecule has 5 nitrogen and oxygen atoms in total. The molecular weight excluding hydrogens is 403 g/mol. The van der Waals surface area contributed by atoms with Crippen molar-refractivity contribution in [3.8, 4) is 0 Å². The Hall–Kier alpha value is -1.41. The first kappa shape index (κ1) is 19.9. The van der Waals surface area contributed by atoms with Crippen LogP contribution in [0.3, 0.4) is 0 Å². The molecular formula is C16H16Cl2N2O3S2. The summed E-state index contributed by atoms with van der Waals surface area (Å²) in [6.45, 7) is -0.415. The molecule has 0 saturated carbocycles. The van der Waals surface area contributed by atoms with E-state index in [9.17, 15) is 13.2 Å². The number of benzene rings is 2. The molecule has 0 heterocycles. The van der Waals surface area contributed by atoms with Gasteiger partial charge in [-0.1, -0.05) is 41.4 Å². The van der Waals surface area contributed by atoms with Crippen molar-refractivity contribution in [2.24, 2.45) is 0 Å². The van der Waals surface area contributed by atoms with Gasteiger partial charge in [-0.05, 0) is 30.5 Å². The Morgan fingerprint density at radius 3 is 2.48 bits per heavy atom. The zero-order valence-corrected chi connectivity index (χ0v) is 16.6. The van der Waals surface area contributed by atoms with Crippen molar-refractivity contribution >= 4 is 62.3 Å². The summed E-state index contributed by atoms with van der Waals surface area (Å²) in [6, 6.07) is 11.9. The zero-order chi connectivity index (χ0) is 18.6. The highest BCUT2D eigenvalue weighted by Gasteiger charge is 2.24. The normalized spacial score (nSPS) is 11.2. The predicted molar refractivity (Wildman–Crippen MR) is 106 cm³/mol.